The van der Waals surface area contributed by atoms with Gasteiger partial charge in [0.05, 0.1) is 42.7 Å². The zero-order valence-corrected chi connectivity index (χ0v) is 28.1. The van der Waals surface area contributed by atoms with Crippen LogP contribution in [0.4, 0.5) is 0 Å². The maximum Gasteiger partial charge on any atom is 0.334 e. The lowest BCUT2D eigenvalue weighted by Gasteiger charge is -2.24. The third-order valence-corrected chi connectivity index (χ3v) is 10.1. The van der Waals surface area contributed by atoms with Gasteiger partial charge in [0, 0.05) is 5.57 Å². The molecule has 0 aromatic carbocycles. The molecular formula is C37H66O7. The lowest BCUT2D eigenvalue weighted by atomic mass is 9.99. The number of ether oxygens (including phenoxy) is 3. The molecule has 0 radical (unpaired) electrons. The number of carbonyl (C=O) groups is 1. The topological polar surface area (TPSA) is 105 Å². The smallest absolute Gasteiger partial charge is 0.334 e. The molecule has 3 rings (SSSR count). The van der Waals surface area contributed by atoms with E-state index >= 15 is 0 Å². The summed E-state index contributed by atoms with van der Waals surface area (Å²) in [4.78, 5) is 11.6. The molecule has 0 amide bonds. The van der Waals surface area contributed by atoms with Gasteiger partial charge >= 0.3 is 5.97 Å². The number of esters is 1. The van der Waals surface area contributed by atoms with E-state index in [-0.39, 0.29) is 42.6 Å². The number of aliphatic hydroxyl groups excluding tert-OH is 3. The predicted molar refractivity (Wildman–Crippen MR) is 175 cm³/mol. The third-order valence-electron chi connectivity index (χ3n) is 10.1. The molecule has 2 saturated heterocycles. The van der Waals surface area contributed by atoms with Gasteiger partial charge in [-0.05, 0) is 83.6 Å². The van der Waals surface area contributed by atoms with Gasteiger partial charge in [-0.2, -0.15) is 0 Å². The number of aliphatic hydroxyl groups is 3. The van der Waals surface area contributed by atoms with Gasteiger partial charge in [-0.25, -0.2) is 4.79 Å². The lowest BCUT2D eigenvalue weighted by molar-refractivity contribution is -0.139. The standard InChI is InChI=1S/C37H66O7/c1-3-4-5-15-19-30(38)20-17-22-32(40)34-24-26-36(44-34)35-25-23-33(43-35)31(39)21-16-13-11-9-7-6-8-10-12-14-18-29-27-28(2)42-37(29)41/h27-28,30-36,38-40H,3-26H2,1-2H3/t28-,30+,31+,32+,33+,34-,35+,36-/m1/s1. The van der Waals surface area contributed by atoms with Gasteiger partial charge in [0.25, 0.3) is 0 Å². The molecule has 44 heavy (non-hydrogen) atoms. The first-order valence-electron chi connectivity index (χ1n) is 18.6. The average Bonchev–Trinajstić information content (AvgIpc) is 3.76. The summed E-state index contributed by atoms with van der Waals surface area (Å²) in [7, 11) is 0. The maximum absolute atomic E-state index is 11.6. The van der Waals surface area contributed by atoms with Crippen LogP contribution >= 0.6 is 0 Å². The summed E-state index contributed by atoms with van der Waals surface area (Å²) in [6.07, 6.45) is 25.7. The van der Waals surface area contributed by atoms with Crippen LogP contribution in [0.5, 0.6) is 0 Å². The molecule has 256 valence electrons. The van der Waals surface area contributed by atoms with Gasteiger partial charge in [0.1, 0.15) is 6.10 Å². The highest BCUT2D eigenvalue weighted by atomic mass is 16.6. The van der Waals surface area contributed by atoms with Gasteiger partial charge in [-0.3, -0.25) is 0 Å². The minimum absolute atomic E-state index is 0.0170. The van der Waals surface area contributed by atoms with Gasteiger partial charge in [-0.15, -0.1) is 0 Å². The van der Waals surface area contributed by atoms with E-state index in [1.807, 2.05) is 13.0 Å². The van der Waals surface area contributed by atoms with Crippen LogP contribution in [0.1, 0.15) is 168 Å². The highest BCUT2D eigenvalue weighted by Gasteiger charge is 2.40. The summed E-state index contributed by atoms with van der Waals surface area (Å²) < 4.78 is 17.7. The molecule has 0 spiro atoms. The van der Waals surface area contributed by atoms with Crippen LogP contribution < -0.4 is 0 Å². The van der Waals surface area contributed by atoms with Crippen molar-refractivity contribution in [2.24, 2.45) is 0 Å². The molecule has 0 aromatic heterocycles. The number of hydrogen-bond acceptors (Lipinski definition) is 7. The van der Waals surface area contributed by atoms with Crippen molar-refractivity contribution in [3.63, 3.8) is 0 Å². The van der Waals surface area contributed by atoms with Crippen molar-refractivity contribution in [2.45, 2.75) is 217 Å². The molecule has 7 heteroatoms. The minimum Gasteiger partial charge on any atom is -0.455 e. The Hall–Kier alpha value is -0.990. The van der Waals surface area contributed by atoms with Crippen molar-refractivity contribution < 1.29 is 34.3 Å². The van der Waals surface area contributed by atoms with Crippen LogP contribution in [0.15, 0.2) is 11.6 Å². The Balaban J connectivity index is 1.13. The van der Waals surface area contributed by atoms with Crippen LogP contribution in [-0.4, -0.2) is 70.1 Å². The second-order valence-corrected chi connectivity index (χ2v) is 14.0. The van der Waals surface area contributed by atoms with Crippen molar-refractivity contribution >= 4 is 5.97 Å². The van der Waals surface area contributed by atoms with Crippen molar-refractivity contribution in [1.29, 1.82) is 0 Å². The molecular weight excluding hydrogens is 556 g/mol. The first-order valence-corrected chi connectivity index (χ1v) is 18.6. The van der Waals surface area contributed by atoms with Crippen LogP contribution in [0, 0.1) is 0 Å². The number of cyclic esters (lactones) is 1. The monoisotopic (exact) mass is 622 g/mol. The van der Waals surface area contributed by atoms with Crippen molar-refractivity contribution in [3.8, 4) is 0 Å². The van der Waals surface area contributed by atoms with Crippen LogP contribution in [0.25, 0.3) is 0 Å². The summed E-state index contributed by atoms with van der Waals surface area (Å²) in [5.41, 5.74) is 0.863. The summed E-state index contributed by atoms with van der Waals surface area (Å²) >= 11 is 0. The number of unbranched alkanes of at least 4 members (excludes halogenated alkanes) is 12. The minimum atomic E-state index is -0.479. The molecule has 0 bridgehead atoms. The molecule has 3 N–H and O–H groups in total. The molecule has 3 aliphatic rings. The van der Waals surface area contributed by atoms with E-state index in [9.17, 15) is 20.1 Å². The Morgan fingerprint density at radius 3 is 1.68 bits per heavy atom. The highest BCUT2D eigenvalue weighted by molar-refractivity contribution is 5.90. The summed E-state index contributed by atoms with van der Waals surface area (Å²) in [5, 5.41) is 31.6. The van der Waals surface area contributed by atoms with E-state index in [4.69, 9.17) is 14.2 Å². The Morgan fingerprint density at radius 2 is 1.14 bits per heavy atom. The normalized spacial score (nSPS) is 27.4. The van der Waals surface area contributed by atoms with E-state index in [0.29, 0.717) is 6.42 Å². The van der Waals surface area contributed by atoms with Crippen LogP contribution in [0.3, 0.4) is 0 Å². The molecule has 8 atom stereocenters. The molecule has 3 heterocycles. The molecule has 0 saturated carbocycles. The predicted octanol–water partition coefficient (Wildman–Crippen LogP) is 7.86. The van der Waals surface area contributed by atoms with Crippen molar-refractivity contribution in [2.75, 3.05) is 0 Å². The fraction of sp³-hybridized carbons (Fsp3) is 0.919. The van der Waals surface area contributed by atoms with Crippen LogP contribution in [-0.2, 0) is 19.0 Å². The quantitative estimate of drug-likeness (QED) is 0.0703. The number of carbonyl (C=O) groups excluding carboxylic acids is 1. The van der Waals surface area contributed by atoms with Gasteiger partial charge in [-0.1, -0.05) is 90.4 Å². The third kappa shape index (κ3) is 14.2. The average molecular weight is 623 g/mol. The Labute approximate surface area is 268 Å². The largest absolute Gasteiger partial charge is 0.455 e. The van der Waals surface area contributed by atoms with Gasteiger partial charge in [0.2, 0.25) is 0 Å². The Morgan fingerprint density at radius 1 is 0.659 bits per heavy atom. The van der Waals surface area contributed by atoms with E-state index in [1.165, 1.54) is 64.2 Å². The molecule has 0 aromatic rings. The Bertz CT molecular complexity index is 801. The van der Waals surface area contributed by atoms with E-state index in [2.05, 4.69) is 6.92 Å². The molecule has 0 aliphatic carbocycles. The van der Waals surface area contributed by atoms with Crippen molar-refractivity contribution in [3.05, 3.63) is 11.6 Å². The van der Waals surface area contributed by atoms with E-state index in [1.54, 1.807) is 0 Å². The SMILES string of the molecule is CCCCCC[C@H](O)CCC[C@H](O)[C@H]1CC[C@H]([C@@H]2CC[C@@H]([C@@H](O)CCCCCCCCCCCCC3=C[C@@H](C)OC3=O)O2)O1. The zero-order valence-electron chi connectivity index (χ0n) is 28.1. The Kier molecular flexibility index (Phi) is 18.5. The maximum atomic E-state index is 11.6. The van der Waals surface area contributed by atoms with Gasteiger partial charge in [0.15, 0.2) is 0 Å². The molecule has 0 unspecified atom stereocenters. The van der Waals surface area contributed by atoms with Crippen molar-refractivity contribution in [1.82, 2.24) is 0 Å². The molecule has 7 nitrogen and oxygen atoms in total. The molecule has 2 fully saturated rings. The van der Waals surface area contributed by atoms with E-state index in [0.717, 1.165) is 89.0 Å². The van der Waals surface area contributed by atoms with E-state index < -0.39 is 12.2 Å². The molecule has 3 aliphatic heterocycles. The van der Waals surface area contributed by atoms with Crippen LogP contribution in [0.2, 0.25) is 0 Å². The number of hydrogen-bond donors (Lipinski definition) is 3. The summed E-state index contributed by atoms with van der Waals surface area (Å²) in [6.45, 7) is 4.11. The first-order chi connectivity index (χ1) is 21.4. The number of rotatable bonds is 25. The first kappa shape index (κ1) is 37.5. The summed E-state index contributed by atoms with van der Waals surface area (Å²) in [6, 6.07) is 0. The lowest BCUT2D eigenvalue weighted by Crippen LogP contribution is -2.33. The fourth-order valence-electron chi connectivity index (χ4n) is 7.28. The van der Waals surface area contributed by atoms with Gasteiger partial charge < -0.3 is 29.5 Å². The summed E-state index contributed by atoms with van der Waals surface area (Å²) in [5.74, 6) is -0.123. The fourth-order valence-corrected chi connectivity index (χ4v) is 7.28. The second kappa shape index (κ2) is 21.7. The second-order valence-electron chi connectivity index (χ2n) is 14.0. The zero-order chi connectivity index (χ0) is 31.6. The highest BCUT2D eigenvalue weighted by Crippen LogP contribution is 2.34.